The highest BCUT2D eigenvalue weighted by Gasteiger charge is 2.25. The van der Waals surface area contributed by atoms with Crippen molar-refractivity contribution in [2.45, 2.75) is 44.6 Å². The topological polar surface area (TPSA) is 110 Å². The number of hydrogen-bond donors (Lipinski definition) is 2. The Balaban J connectivity index is 2.38. The molecule has 1 aromatic heterocycles. The molecule has 0 aliphatic rings. The van der Waals surface area contributed by atoms with Crippen molar-refractivity contribution in [3.63, 3.8) is 0 Å². The van der Waals surface area contributed by atoms with Gasteiger partial charge in [0.2, 0.25) is 5.03 Å². The molecule has 0 aliphatic carbocycles. The van der Waals surface area contributed by atoms with Gasteiger partial charge >= 0.3 is 6.03 Å². The van der Waals surface area contributed by atoms with Crippen LogP contribution in [-0.2, 0) is 10.0 Å². The van der Waals surface area contributed by atoms with Gasteiger partial charge in [-0.3, -0.25) is 0 Å². The molecule has 10 heteroatoms. The maximum Gasteiger partial charge on any atom is 0.333 e. The number of rotatable bonds is 6. The molecule has 0 saturated heterocycles. The molecule has 152 valence electrons. The fourth-order valence-electron chi connectivity index (χ4n) is 2.66. The molecule has 0 spiro atoms. The molecule has 0 saturated carbocycles. The van der Waals surface area contributed by atoms with E-state index in [1.807, 2.05) is 32.4 Å². The van der Waals surface area contributed by atoms with Crippen LogP contribution in [0.25, 0.3) is 0 Å². The van der Waals surface area contributed by atoms with Crippen molar-refractivity contribution in [2.24, 2.45) is 0 Å². The van der Waals surface area contributed by atoms with Crippen LogP contribution in [0.15, 0.2) is 29.7 Å². The summed E-state index contributed by atoms with van der Waals surface area (Å²) in [7, 11) is -3.04. The Hall–Kier alpha value is -2.75. The highest BCUT2D eigenvalue weighted by Crippen LogP contribution is 2.33. The Morgan fingerprint density at radius 2 is 1.71 bits per heavy atom. The Bertz CT molecular complexity index is 948. The third-order valence-electron chi connectivity index (χ3n) is 3.99. The minimum Gasteiger partial charge on any atom is -0.492 e. The van der Waals surface area contributed by atoms with Crippen molar-refractivity contribution in [3.8, 4) is 5.75 Å². The summed E-state index contributed by atoms with van der Waals surface area (Å²) < 4.78 is 45.8. The summed E-state index contributed by atoms with van der Waals surface area (Å²) in [6, 6.07) is 1.67. The SMILES string of the molecule is COc1cncnc1S(=O)(=O)NC(=O)Nc1c(C(C)C)cc(F)cc1C(C)C. The van der Waals surface area contributed by atoms with Gasteiger partial charge < -0.3 is 10.1 Å². The van der Waals surface area contributed by atoms with E-state index in [-0.39, 0.29) is 17.6 Å². The molecular formula is C18H23FN4O4S. The number of urea groups is 1. The van der Waals surface area contributed by atoms with E-state index in [4.69, 9.17) is 4.74 Å². The monoisotopic (exact) mass is 410 g/mol. The van der Waals surface area contributed by atoms with Gasteiger partial charge in [0.25, 0.3) is 10.0 Å². The van der Waals surface area contributed by atoms with Crippen LogP contribution in [0.1, 0.15) is 50.7 Å². The lowest BCUT2D eigenvalue weighted by Crippen LogP contribution is -2.35. The molecule has 0 unspecified atom stereocenters. The lowest BCUT2D eigenvalue weighted by molar-refractivity contribution is 0.256. The minimum atomic E-state index is -4.31. The number of nitrogens with zero attached hydrogens (tertiary/aromatic N) is 2. The van der Waals surface area contributed by atoms with Gasteiger partial charge in [0.1, 0.15) is 12.1 Å². The maximum atomic E-state index is 14.0. The van der Waals surface area contributed by atoms with Crippen LogP contribution in [0.4, 0.5) is 14.9 Å². The number of benzene rings is 1. The first-order valence-electron chi connectivity index (χ1n) is 8.58. The zero-order chi connectivity index (χ0) is 21.1. The van der Waals surface area contributed by atoms with E-state index >= 15 is 0 Å². The smallest absolute Gasteiger partial charge is 0.333 e. The lowest BCUT2D eigenvalue weighted by Gasteiger charge is -2.20. The number of nitrogens with one attached hydrogen (secondary N) is 2. The van der Waals surface area contributed by atoms with E-state index in [9.17, 15) is 17.6 Å². The molecule has 8 nitrogen and oxygen atoms in total. The van der Waals surface area contributed by atoms with Gasteiger partial charge in [-0.25, -0.2) is 23.9 Å². The molecule has 0 fully saturated rings. The number of sulfonamides is 1. The van der Waals surface area contributed by atoms with E-state index in [0.29, 0.717) is 16.8 Å². The highest BCUT2D eigenvalue weighted by molar-refractivity contribution is 7.90. The van der Waals surface area contributed by atoms with Crippen LogP contribution >= 0.6 is 0 Å². The number of anilines is 1. The number of aromatic nitrogens is 2. The average molecular weight is 410 g/mol. The predicted molar refractivity (Wildman–Crippen MR) is 103 cm³/mol. The third kappa shape index (κ3) is 4.75. The van der Waals surface area contributed by atoms with Crippen LogP contribution in [0.5, 0.6) is 5.75 Å². The number of amides is 2. The summed E-state index contributed by atoms with van der Waals surface area (Å²) in [6.07, 6.45) is 2.20. The Kier molecular flexibility index (Phi) is 6.55. The first kappa shape index (κ1) is 21.5. The van der Waals surface area contributed by atoms with Crippen LogP contribution < -0.4 is 14.8 Å². The second-order valence-corrected chi connectivity index (χ2v) is 8.32. The summed E-state index contributed by atoms with van der Waals surface area (Å²) in [4.78, 5) is 19.8. The molecule has 2 amide bonds. The molecule has 1 aromatic carbocycles. The van der Waals surface area contributed by atoms with Crippen molar-refractivity contribution in [3.05, 3.63) is 41.6 Å². The zero-order valence-corrected chi connectivity index (χ0v) is 17.1. The number of carbonyl (C=O) groups is 1. The zero-order valence-electron chi connectivity index (χ0n) is 16.3. The first-order chi connectivity index (χ1) is 13.1. The maximum absolute atomic E-state index is 14.0. The van der Waals surface area contributed by atoms with E-state index in [1.165, 1.54) is 25.4 Å². The van der Waals surface area contributed by atoms with Gasteiger partial charge in [-0.2, -0.15) is 8.42 Å². The van der Waals surface area contributed by atoms with Gasteiger partial charge in [0.05, 0.1) is 13.3 Å². The first-order valence-corrected chi connectivity index (χ1v) is 10.1. The number of hydrogen-bond acceptors (Lipinski definition) is 6. The van der Waals surface area contributed by atoms with Crippen molar-refractivity contribution < 1.29 is 22.3 Å². The molecule has 0 atom stereocenters. The number of halogens is 1. The summed E-state index contributed by atoms with van der Waals surface area (Å²) in [6.45, 7) is 7.41. The summed E-state index contributed by atoms with van der Waals surface area (Å²) in [5.74, 6) is -0.712. The third-order valence-corrected chi connectivity index (χ3v) is 5.26. The summed E-state index contributed by atoms with van der Waals surface area (Å²) >= 11 is 0. The van der Waals surface area contributed by atoms with Crippen molar-refractivity contribution in [1.29, 1.82) is 0 Å². The lowest BCUT2D eigenvalue weighted by atomic mass is 9.92. The average Bonchev–Trinajstić information content (AvgIpc) is 2.61. The van der Waals surface area contributed by atoms with Gasteiger partial charge in [-0.05, 0) is 35.1 Å². The molecule has 0 radical (unpaired) electrons. The summed E-state index contributed by atoms with van der Waals surface area (Å²) in [5.41, 5.74) is 1.51. The molecule has 2 rings (SSSR count). The van der Waals surface area contributed by atoms with Crippen LogP contribution in [0, 0.1) is 5.82 Å². The molecule has 2 N–H and O–H groups in total. The van der Waals surface area contributed by atoms with Gasteiger partial charge in [-0.1, -0.05) is 27.7 Å². The van der Waals surface area contributed by atoms with Gasteiger partial charge in [0.15, 0.2) is 5.75 Å². The largest absolute Gasteiger partial charge is 0.492 e. The Morgan fingerprint density at radius 1 is 1.14 bits per heavy atom. The standard InChI is InChI=1S/C18H23FN4O4S/c1-10(2)13-6-12(19)7-14(11(3)4)16(13)22-18(24)23-28(25,26)17-15(27-5)8-20-9-21-17/h6-11H,1-5H3,(H2,22,23,24). The normalized spacial score (nSPS) is 11.6. The van der Waals surface area contributed by atoms with Crippen molar-refractivity contribution >= 4 is 21.7 Å². The Labute approximate surface area is 163 Å². The van der Waals surface area contributed by atoms with E-state index < -0.39 is 26.9 Å². The number of carbonyl (C=O) groups excluding carboxylic acids is 1. The van der Waals surface area contributed by atoms with Crippen molar-refractivity contribution in [2.75, 3.05) is 12.4 Å². The van der Waals surface area contributed by atoms with Crippen LogP contribution in [0.3, 0.4) is 0 Å². The number of methoxy groups -OCH3 is 1. The molecule has 0 aliphatic heterocycles. The van der Waals surface area contributed by atoms with Gasteiger partial charge in [0, 0.05) is 5.69 Å². The fourth-order valence-corrected chi connectivity index (χ4v) is 3.64. The van der Waals surface area contributed by atoms with Crippen LogP contribution in [0.2, 0.25) is 0 Å². The second-order valence-electron chi connectivity index (χ2n) is 6.72. The fraction of sp³-hybridized carbons (Fsp3) is 0.389. The van der Waals surface area contributed by atoms with E-state index in [1.54, 1.807) is 0 Å². The van der Waals surface area contributed by atoms with Gasteiger partial charge in [-0.15, -0.1) is 0 Å². The molecule has 2 aromatic rings. The predicted octanol–water partition coefficient (Wildman–Crippen LogP) is 3.38. The molecule has 28 heavy (non-hydrogen) atoms. The summed E-state index contributed by atoms with van der Waals surface area (Å²) in [5, 5.41) is 2.09. The minimum absolute atomic E-state index is 0.0953. The second kappa shape index (κ2) is 8.51. The van der Waals surface area contributed by atoms with Crippen molar-refractivity contribution in [1.82, 2.24) is 14.7 Å². The number of ether oxygens (including phenoxy) is 1. The highest BCUT2D eigenvalue weighted by atomic mass is 32.2. The molecule has 0 bridgehead atoms. The Morgan fingerprint density at radius 3 is 2.21 bits per heavy atom. The molecule has 1 heterocycles. The quantitative estimate of drug-likeness (QED) is 0.707. The van der Waals surface area contributed by atoms with E-state index in [2.05, 4.69) is 15.3 Å². The van der Waals surface area contributed by atoms with E-state index in [0.717, 1.165) is 6.33 Å². The molecular weight excluding hydrogens is 387 g/mol. The van der Waals surface area contributed by atoms with Crippen LogP contribution in [-0.4, -0.2) is 31.5 Å².